The largest absolute Gasteiger partial charge is 0.382 e. The van der Waals surface area contributed by atoms with E-state index < -0.39 is 0 Å². The van der Waals surface area contributed by atoms with Crippen LogP contribution in [0.5, 0.6) is 0 Å². The van der Waals surface area contributed by atoms with Crippen LogP contribution < -0.4 is 5.32 Å². The van der Waals surface area contributed by atoms with E-state index in [1.165, 1.54) is 53.9 Å². The van der Waals surface area contributed by atoms with Crippen LogP contribution in [0.25, 0.3) is 0 Å². The van der Waals surface area contributed by atoms with Crippen molar-refractivity contribution in [3.8, 4) is 0 Å². The third-order valence-electron chi connectivity index (χ3n) is 4.84. The van der Waals surface area contributed by atoms with Crippen molar-refractivity contribution in [2.45, 2.75) is 46.2 Å². The van der Waals surface area contributed by atoms with Crippen LogP contribution >= 0.6 is 0 Å². The van der Waals surface area contributed by atoms with E-state index >= 15 is 0 Å². The van der Waals surface area contributed by atoms with Crippen LogP contribution in [0.2, 0.25) is 0 Å². The normalized spacial score (nSPS) is 16.5. The number of rotatable bonds is 4. The van der Waals surface area contributed by atoms with Gasteiger partial charge in [0.2, 0.25) is 0 Å². The van der Waals surface area contributed by atoms with Gasteiger partial charge in [0.1, 0.15) is 0 Å². The Labute approximate surface area is 140 Å². The fourth-order valence-corrected chi connectivity index (χ4v) is 3.56. The van der Waals surface area contributed by atoms with Crippen molar-refractivity contribution in [1.82, 2.24) is 4.90 Å². The molecule has 1 fully saturated rings. The highest BCUT2D eigenvalue weighted by atomic mass is 15.1. The molecule has 0 spiro atoms. The number of anilines is 1. The highest BCUT2D eigenvalue weighted by Crippen LogP contribution is 2.21. The van der Waals surface area contributed by atoms with Crippen LogP contribution in [-0.4, -0.2) is 24.0 Å². The molecule has 0 atom stereocenters. The van der Waals surface area contributed by atoms with Crippen LogP contribution in [0.15, 0.2) is 42.5 Å². The number of hydrogen-bond donors (Lipinski definition) is 1. The zero-order chi connectivity index (χ0) is 16.2. The van der Waals surface area contributed by atoms with Crippen molar-refractivity contribution in [2.24, 2.45) is 0 Å². The molecule has 0 aromatic heterocycles. The Kier molecular flexibility index (Phi) is 5.02. The minimum absolute atomic E-state index is 0.601. The Hall–Kier alpha value is -1.80. The molecule has 1 aliphatic heterocycles. The number of nitrogens with zero attached hydrogens (tertiary/aromatic N) is 1. The van der Waals surface area contributed by atoms with E-state index in [4.69, 9.17) is 0 Å². The lowest BCUT2D eigenvalue weighted by atomic mass is 10.0. The third kappa shape index (κ3) is 4.35. The van der Waals surface area contributed by atoms with Gasteiger partial charge in [-0.2, -0.15) is 0 Å². The van der Waals surface area contributed by atoms with Crippen molar-refractivity contribution in [3.63, 3.8) is 0 Å². The van der Waals surface area contributed by atoms with E-state index in [-0.39, 0.29) is 0 Å². The number of aryl methyl sites for hydroxylation is 3. The minimum atomic E-state index is 0.601. The van der Waals surface area contributed by atoms with Gasteiger partial charge in [-0.1, -0.05) is 30.3 Å². The van der Waals surface area contributed by atoms with Crippen molar-refractivity contribution in [1.29, 1.82) is 0 Å². The SMILES string of the molecule is Cc1cc(C)cc(NC2CCN(Cc3ccccc3C)CC2)c1. The smallest absolute Gasteiger partial charge is 0.0347 e. The third-order valence-corrected chi connectivity index (χ3v) is 4.84. The summed E-state index contributed by atoms with van der Waals surface area (Å²) in [4.78, 5) is 2.59. The van der Waals surface area contributed by atoms with Gasteiger partial charge < -0.3 is 5.32 Å². The fourth-order valence-electron chi connectivity index (χ4n) is 3.56. The molecular formula is C21H28N2. The van der Waals surface area contributed by atoms with E-state index in [0.29, 0.717) is 6.04 Å². The van der Waals surface area contributed by atoms with Crippen molar-refractivity contribution in [2.75, 3.05) is 18.4 Å². The van der Waals surface area contributed by atoms with Gasteiger partial charge in [-0.05, 0) is 68.0 Å². The lowest BCUT2D eigenvalue weighted by molar-refractivity contribution is 0.211. The average molecular weight is 308 g/mol. The first-order valence-electron chi connectivity index (χ1n) is 8.72. The van der Waals surface area contributed by atoms with Gasteiger partial charge in [-0.15, -0.1) is 0 Å². The number of nitrogens with one attached hydrogen (secondary N) is 1. The predicted octanol–water partition coefficient (Wildman–Crippen LogP) is 4.69. The zero-order valence-electron chi connectivity index (χ0n) is 14.6. The molecule has 0 bridgehead atoms. The summed E-state index contributed by atoms with van der Waals surface area (Å²) in [5.41, 5.74) is 6.82. The molecule has 2 heteroatoms. The Morgan fingerprint density at radius 2 is 1.61 bits per heavy atom. The predicted molar refractivity (Wildman–Crippen MR) is 99.0 cm³/mol. The quantitative estimate of drug-likeness (QED) is 0.881. The van der Waals surface area contributed by atoms with Crippen molar-refractivity contribution >= 4 is 5.69 Å². The molecule has 1 aliphatic rings. The molecule has 0 saturated carbocycles. The molecule has 1 heterocycles. The average Bonchev–Trinajstić information content (AvgIpc) is 2.50. The van der Waals surface area contributed by atoms with Crippen LogP contribution in [0.3, 0.4) is 0 Å². The van der Waals surface area contributed by atoms with Gasteiger partial charge in [0.05, 0.1) is 0 Å². The second-order valence-electron chi connectivity index (χ2n) is 7.00. The number of likely N-dealkylation sites (tertiary alicyclic amines) is 1. The Bertz CT molecular complexity index is 634. The van der Waals surface area contributed by atoms with Crippen molar-refractivity contribution < 1.29 is 0 Å². The molecule has 2 aromatic rings. The maximum absolute atomic E-state index is 3.73. The van der Waals surface area contributed by atoms with Gasteiger partial charge in [0, 0.05) is 31.4 Å². The molecule has 2 nitrogen and oxygen atoms in total. The summed E-state index contributed by atoms with van der Waals surface area (Å²) >= 11 is 0. The van der Waals surface area contributed by atoms with E-state index in [1.807, 2.05) is 0 Å². The highest BCUT2D eigenvalue weighted by molar-refractivity contribution is 5.49. The summed E-state index contributed by atoms with van der Waals surface area (Å²) in [7, 11) is 0. The first-order chi connectivity index (χ1) is 11.1. The summed E-state index contributed by atoms with van der Waals surface area (Å²) in [6, 6.07) is 16.1. The Morgan fingerprint density at radius 1 is 0.957 bits per heavy atom. The van der Waals surface area contributed by atoms with Crippen LogP contribution in [0.4, 0.5) is 5.69 Å². The summed E-state index contributed by atoms with van der Waals surface area (Å²) in [5, 5.41) is 3.73. The van der Waals surface area contributed by atoms with E-state index in [0.717, 1.165) is 6.54 Å². The molecule has 122 valence electrons. The summed E-state index contributed by atoms with van der Waals surface area (Å²) in [6.45, 7) is 9.99. The maximum atomic E-state index is 3.73. The molecular weight excluding hydrogens is 280 g/mol. The van der Waals surface area contributed by atoms with Gasteiger partial charge in [0.25, 0.3) is 0 Å². The zero-order valence-corrected chi connectivity index (χ0v) is 14.6. The van der Waals surface area contributed by atoms with Gasteiger partial charge in [-0.3, -0.25) is 4.90 Å². The summed E-state index contributed by atoms with van der Waals surface area (Å²) in [5.74, 6) is 0. The second kappa shape index (κ2) is 7.18. The van der Waals surface area contributed by atoms with Crippen LogP contribution in [-0.2, 0) is 6.54 Å². The van der Waals surface area contributed by atoms with E-state index in [2.05, 4.69) is 73.5 Å². The lowest BCUT2D eigenvalue weighted by Gasteiger charge is -2.33. The van der Waals surface area contributed by atoms with E-state index in [9.17, 15) is 0 Å². The highest BCUT2D eigenvalue weighted by Gasteiger charge is 2.19. The van der Waals surface area contributed by atoms with Gasteiger partial charge >= 0.3 is 0 Å². The summed E-state index contributed by atoms with van der Waals surface area (Å²) < 4.78 is 0. The summed E-state index contributed by atoms with van der Waals surface area (Å²) in [6.07, 6.45) is 2.44. The molecule has 3 rings (SSSR count). The molecule has 0 aliphatic carbocycles. The molecule has 0 radical (unpaired) electrons. The fraction of sp³-hybridized carbons (Fsp3) is 0.429. The second-order valence-corrected chi connectivity index (χ2v) is 7.00. The van der Waals surface area contributed by atoms with Crippen molar-refractivity contribution in [3.05, 3.63) is 64.7 Å². The first kappa shape index (κ1) is 16.1. The number of hydrogen-bond acceptors (Lipinski definition) is 2. The number of piperidine rings is 1. The van der Waals surface area contributed by atoms with Crippen LogP contribution in [0.1, 0.15) is 35.1 Å². The van der Waals surface area contributed by atoms with E-state index in [1.54, 1.807) is 0 Å². The molecule has 23 heavy (non-hydrogen) atoms. The molecule has 1 N–H and O–H groups in total. The van der Waals surface area contributed by atoms with Gasteiger partial charge in [-0.25, -0.2) is 0 Å². The number of benzene rings is 2. The molecule has 0 amide bonds. The Morgan fingerprint density at radius 3 is 2.26 bits per heavy atom. The molecule has 2 aromatic carbocycles. The molecule has 0 unspecified atom stereocenters. The maximum Gasteiger partial charge on any atom is 0.0347 e. The molecule has 1 saturated heterocycles. The minimum Gasteiger partial charge on any atom is -0.382 e. The lowest BCUT2D eigenvalue weighted by Crippen LogP contribution is -2.38. The topological polar surface area (TPSA) is 15.3 Å². The Balaban J connectivity index is 1.53. The standard InChI is InChI=1S/C21H28N2/c1-16-12-17(2)14-21(13-16)22-20-8-10-23(11-9-20)15-19-7-5-4-6-18(19)3/h4-7,12-14,20,22H,8-11,15H2,1-3H3. The first-order valence-corrected chi connectivity index (χ1v) is 8.72. The van der Waals surface area contributed by atoms with Gasteiger partial charge in [0.15, 0.2) is 0 Å². The van der Waals surface area contributed by atoms with Crippen LogP contribution in [0, 0.1) is 20.8 Å². The monoisotopic (exact) mass is 308 g/mol.